The van der Waals surface area contributed by atoms with Crippen LogP contribution < -0.4 is 4.74 Å². The average molecular weight is 195 g/mol. The molecule has 76 valence electrons. The molecule has 0 radical (unpaired) electrons. The van der Waals surface area contributed by atoms with Crippen molar-refractivity contribution in [2.75, 3.05) is 13.7 Å². The Labute approximate surface area is 82.9 Å². The van der Waals surface area contributed by atoms with Crippen molar-refractivity contribution < 1.29 is 14.3 Å². The number of nitrogens with zero attached hydrogens (tertiary/aromatic N) is 1. The fourth-order valence-corrected chi connectivity index (χ4v) is 1.09. The monoisotopic (exact) mass is 195 g/mol. The van der Waals surface area contributed by atoms with Crippen molar-refractivity contribution in [2.45, 2.75) is 13.3 Å². The van der Waals surface area contributed by atoms with Gasteiger partial charge in [0.1, 0.15) is 5.75 Å². The van der Waals surface area contributed by atoms with Crippen LogP contribution in [0.2, 0.25) is 0 Å². The third-order valence-electron chi connectivity index (χ3n) is 1.69. The van der Waals surface area contributed by atoms with E-state index in [-0.39, 0.29) is 12.4 Å². The van der Waals surface area contributed by atoms with E-state index in [0.717, 1.165) is 0 Å². The van der Waals surface area contributed by atoms with Crippen LogP contribution in [-0.2, 0) is 16.0 Å². The number of pyridine rings is 1. The summed E-state index contributed by atoms with van der Waals surface area (Å²) in [4.78, 5) is 15.2. The summed E-state index contributed by atoms with van der Waals surface area (Å²) in [6.45, 7) is 2.15. The van der Waals surface area contributed by atoms with Gasteiger partial charge in [0, 0.05) is 6.20 Å². The zero-order chi connectivity index (χ0) is 10.4. The molecule has 0 aliphatic heterocycles. The summed E-state index contributed by atoms with van der Waals surface area (Å²) < 4.78 is 9.86. The van der Waals surface area contributed by atoms with Gasteiger partial charge in [-0.15, -0.1) is 0 Å². The lowest BCUT2D eigenvalue weighted by molar-refractivity contribution is -0.142. The van der Waals surface area contributed by atoms with Crippen molar-refractivity contribution in [1.82, 2.24) is 4.98 Å². The van der Waals surface area contributed by atoms with Crippen molar-refractivity contribution in [3.63, 3.8) is 0 Å². The van der Waals surface area contributed by atoms with Crippen LogP contribution in [0.3, 0.4) is 0 Å². The third kappa shape index (κ3) is 2.73. The van der Waals surface area contributed by atoms with Gasteiger partial charge in [-0.05, 0) is 19.1 Å². The van der Waals surface area contributed by atoms with Crippen LogP contribution in [0, 0.1) is 0 Å². The number of esters is 1. The molecule has 1 rings (SSSR count). The van der Waals surface area contributed by atoms with Crippen molar-refractivity contribution in [1.29, 1.82) is 0 Å². The van der Waals surface area contributed by atoms with Gasteiger partial charge in [0.2, 0.25) is 0 Å². The molecule has 1 heterocycles. The fourth-order valence-electron chi connectivity index (χ4n) is 1.09. The molecule has 1 aromatic heterocycles. The summed E-state index contributed by atoms with van der Waals surface area (Å²) in [5, 5.41) is 0. The van der Waals surface area contributed by atoms with Gasteiger partial charge in [-0.1, -0.05) is 0 Å². The summed E-state index contributed by atoms with van der Waals surface area (Å²) in [5.74, 6) is 0.324. The number of aromatic nitrogens is 1. The first kappa shape index (κ1) is 10.5. The maximum atomic E-state index is 11.2. The Morgan fingerprint density at radius 3 is 3.00 bits per heavy atom. The van der Waals surface area contributed by atoms with Gasteiger partial charge in [0.05, 0.1) is 25.8 Å². The molecule has 0 N–H and O–H groups in total. The highest BCUT2D eigenvalue weighted by Gasteiger charge is 2.09. The molecule has 0 fully saturated rings. The maximum absolute atomic E-state index is 11.2. The average Bonchev–Trinajstić information content (AvgIpc) is 2.19. The lowest BCUT2D eigenvalue weighted by atomic mass is 10.2. The molecule has 0 spiro atoms. The van der Waals surface area contributed by atoms with Crippen LogP contribution in [0.1, 0.15) is 12.6 Å². The van der Waals surface area contributed by atoms with Crippen LogP contribution >= 0.6 is 0 Å². The largest absolute Gasteiger partial charge is 0.495 e. The zero-order valence-corrected chi connectivity index (χ0v) is 8.32. The van der Waals surface area contributed by atoms with Gasteiger partial charge >= 0.3 is 5.97 Å². The number of rotatable bonds is 4. The predicted octanol–water partition coefficient (Wildman–Crippen LogP) is 1.20. The maximum Gasteiger partial charge on any atom is 0.312 e. The Morgan fingerprint density at radius 1 is 1.57 bits per heavy atom. The van der Waals surface area contributed by atoms with E-state index in [0.29, 0.717) is 18.1 Å². The molecule has 0 unspecified atom stereocenters. The van der Waals surface area contributed by atoms with Gasteiger partial charge in [-0.2, -0.15) is 0 Å². The number of methoxy groups -OCH3 is 1. The highest BCUT2D eigenvalue weighted by Crippen LogP contribution is 2.15. The summed E-state index contributed by atoms with van der Waals surface area (Å²) >= 11 is 0. The normalized spacial score (nSPS) is 9.57. The Hall–Kier alpha value is -1.58. The minimum atomic E-state index is -0.287. The standard InChI is InChI=1S/C10H13NO3/c1-3-14-10(12)7-8-9(13-2)5-4-6-11-8/h4-6H,3,7H2,1-2H3. The number of hydrogen-bond acceptors (Lipinski definition) is 4. The van der Waals surface area contributed by atoms with E-state index in [4.69, 9.17) is 9.47 Å². The Morgan fingerprint density at radius 2 is 2.36 bits per heavy atom. The molecule has 0 atom stereocenters. The molecular weight excluding hydrogens is 182 g/mol. The topological polar surface area (TPSA) is 48.4 Å². The lowest BCUT2D eigenvalue weighted by Crippen LogP contribution is -2.09. The fraction of sp³-hybridized carbons (Fsp3) is 0.400. The quantitative estimate of drug-likeness (QED) is 0.677. The van der Waals surface area contributed by atoms with Crippen LogP contribution in [0.15, 0.2) is 18.3 Å². The van der Waals surface area contributed by atoms with Gasteiger partial charge < -0.3 is 9.47 Å². The van der Waals surface area contributed by atoms with E-state index in [1.165, 1.54) is 0 Å². The highest BCUT2D eigenvalue weighted by molar-refractivity contribution is 5.72. The van der Waals surface area contributed by atoms with Crippen LogP contribution in [0.4, 0.5) is 0 Å². The summed E-state index contributed by atoms with van der Waals surface area (Å²) in [5.41, 5.74) is 0.605. The van der Waals surface area contributed by atoms with E-state index in [2.05, 4.69) is 4.98 Å². The molecule has 0 aliphatic rings. The van der Waals surface area contributed by atoms with E-state index >= 15 is 0 Å². The van der Waals surface area contributed by atoms with E-state index in [9.17, 15) is 4.79 Å². The molecular formula is C10H13NO3. The highest BCUT2D eigenvalue weighted by atomic mass is 16.5. The molecule has 0 bridgehead atoms. The number of carbonyl (C=O) groups is 1. The molecule has 4 nitrogen and oxygen atoms in total. The Kier molecular flexibility index (Phi) is 3.91. The number of ether oxygens (including phenoxy) is 2. The van der Waals surface area contributed by atoms with Crippen molar-refractivity contribution >= 4 is 5.97 Å². The second kappa shape index (κ2) is 5.21. The predicted molar refractivity (Wildman–Crippen MR) is 51.1 cm³/mol. The number of hydrogen-bond donors (Lipinski definition) is 0. The molecule has 0 amide bonds. The summed E-state index contributed by atoms with van der Waals surface area (Å²) in [6, 6.07) is 3.52. The summed E-state index contributed by atoms with van der Waals surface area (Å²) in [6.07, 6.45) is 1.77. The minimum Gasteiger partial charge on any atom is -0.495 e. The second-order valence-corrected chi connectivity index (χ2v) is 2.63. The second-order valence-electron chi connectivity index (χ2n) is 2.63. The molecule has 0 saturated heterocycles. The van der Waals surface area contributed by atoms with Gasteiger partial charge in [-0.3, -0.25) is 9.78 Å². The molecule has 14 heavy (non-hydrogen) atoms. The minimum absolute atomic E-state index is 0.151. The van der Waals surface area contributed by atoms with Gasteiger partial charge in [0.25, 0.3) is 0 Å². The first-order valence-electron chi connectivity index (χ1n) is 4.41. The van der Waals surface area contributed by atoms with E-state index in [1.54, 1.807) is 32.4 Å². The molecule has 4 heteroatoms. The molecule has 0 aromatic carbocycles. The SMILES string of the molecule is CCOC(=O)Cc1ncccc1OC. The molecule has 0 saturated carbocycles. The van der Waals surface area contributed by atoms with E-state index in [1.807, 2.05) is 0 Å². The third-order valence-corrected chi connectivity index (χ3v) is 1.69. The van der Waals surface area contributed by atoms with E-state index < -0.39 is 0 Å². The molecule has 0 aliphatic carbocycles. The zero-order valence-electron chi connectivity index (χ0n) is 8.32. The van der Waals surface area contributed by atoms with Gasteiger partial charge in [-0.25, -0.2) is 0 Å². The number of carbonyl (C=O) groups excluding carboxylic acids is 1. The molecule has 1 aromatic rings. The smallest absolute Gasteiger partial charge is 0.312 e. The van der Waals surface area contributed by atoms with Crippen molar-refractivity contribution in [3.05, 3.63) is 24.0 Å². The van der Waals surface area contributed by atoms with Crippen LogP contribution in [0.5, 0.6) is 5.75 Å². The van der Waals surface area contributed by atoms with Gasteiger partial charge in [0.15, 0.2) is 0 Å². The summed E-state index contributed by atoms with van der Waals surface area (Å²) in [7, 11) is 1.55. The van der Waals surface area contributed by atoms with Crippen LogP contribution in [-0.4, -0.2) is 24.7 Å². The van der Waals surface area contributed by atoms with Crippen molar-refractivity contribution in [2.24, 2.45) is 0 Å². The van der Waals surface area contributed by atoms with Crippen LogP contribution in [0.25, 0.3) is 0 Å². The van der Waals surface area contributed by atoms with Crippen molar-refractivity contribution in [3.8, 4) is 5.75 Å². The first-order valence-corrected chi connectivity index (χ1v) is 4.41. The first-order chi connectivity index (χ1) is 6.77. The Balaban J connectivity index is 2.70. The lowest BCUT2D eigenvalue weighted by Gasteiger charge is -2.05. The Bertz CT molecular complexity index is 312.